The normalized spacial score (nSPS) is 11.4. The molecule has 0 spiro atoms. The van der Waals surface area contributed by atoms with Gasteiger partial charge in [-0.05, 0) is 166 Å². The Morgan fingerprint density at radius 3 is 0.871 bits per heavy atom. The molecular formula is C62H42N6O2. The Labute approximate surface area is 404 Å². The Hall–Kier alpha value is -9.66. The van der Waals surface area contributed by atoms with Crippen molar-refractivity contribution < 1.29 is 8.83 Å². The highest BCUT2D eigenvalue weighted by Gasteiger charge is 2.17. The van der Waals surface area contributed by atoms with E-state index >= 15 is 0 Å². The van der Waals surface area contributed by atoms with Crippen LogP contribution in [0.15, 0.2) is 251 Å². The van der Waals surface area contributed by atoms with Gasteiger partial charge in [0, 0.05) is 56.4 Å². The zero-order chi connectivity index (χ0) is 46.6. The molecule has 0 N–H and O–H groups in total. The Morgan fingerprint density at radius 1 is 0.257 bits per heavy atom. The van der Waals surface area contributed by atoms with Crippen molar-refractivity contribution in [1.82, 2.24) is 20.4 Å². The number of fused-ring (bicyclic) bond motifs is 2. The SMILES string of the molecule is C(=Cc1ccc2cc(-c3nnc(-c4ccc(N(c5ccccc5)c5ccccc5)cc4)o3)ccc2c1)c1ccc2cc(-c3nnc(-c4ccc(N(c5ccccc5)c5ccccc5)cc4)o3)ccc2c1. The molecule has 0 saturated heterocycles. The minimum absolute atomic E-state index is 0.469. The van der Waals surface area contributed by atoms with Crippen molar-refractivity contribution in [3.8, 4) is 45.8 Å². The summed E-state index contributed by atoms with van der Waals surface area (Å²) in [7, 11) is 0. The maximum atomic E-state index is 6.24. The van der Waals surface area contributed by atoms with Crippen LogP contribution in [0.5, 0.6) is 0 Å². The van der Waals surface area contributed by atoms with Gasteiger partial charge in [0.1, 0.15) is 0 Å². The van der Waals surface area contributed by atoms with Gasteiger partial charge < -0.3 is 18.6 Å². The summed E-state index contributed by atoms with van der Waals surface area (Å²) < 4.78 is 12.5. The average molecular weight is 903 g/mol. The van der Waals surface area contributed by atoms with Crippen LogP contribution in [0.1, 0.15) is 11.1 Å². The summed E-state index contributed by atoms with van der Waals surface area (Å²) in [6.07, 6.45) is 4.29. The molecule has 0 bridgehead atoms. The zero-order valence-electron chi connectivity index (χ0n) is 37.7. The Bertz CT molecular complexity index is 3430. The minimum atomic E-state index is 0.469. The summed E-state index contributed by atoms with van der Waals surface area (Å²) in [4.78, 5) is 4.44. The van der Waals surface area contributed by atoms with E-state index in [0.29, 0.717) is 23.6 Å². The van der Waals surface area contributed by atoms with E-state index in [4.69, 9.17) is 8.83 Å². The van der Waals surface area contributed by atoms with Gasteiger partial charge in [0.15, 0.2) is 0 Å². The van der Waals surface area contributed by atoms with Crippen LogP contribution in [-0.2, 0) is 0 Å². The molecule has 10 aromatic carbocycles. The topological polar surface area (TPSA) is 84.3 Å². The molecule has 332 valence electrons. The van der Waals surface area contributed by atoms with E-state index in [2.05, 4.69) is 176 Å². The highest BCUT2D eigenvalue weighted by molar-refractivity contribution is 5.91. The van der Waals surface area contributed by atoms with Crippen LogP contribution in [0.2, 0.25) is 0 Å². The van der Waals surface area contributed by atoms with Crippen LogP contribution < -0.4 is 9.80 Å². The van der Waals surface area contributed by atoms with Crippen molar-refractivity contribution in [2.24, 2.45) is 0 Å². The summed E-state index contributed by atoms with van der Waals surface area (Å²) in [5.74, 6) is 1.89. The third-order valence-corrected chi connectivity index (χ3v) is 12.3. The van der Waals surface area contributed by atoms with Crippen molar-refractivity contribution in [1.29, 1.82) is 0 Å². The van der Waals surface area contributed by atoms with E-state index in [1.54, 1.807) is 0 Å². The molecule has 12 rings (SSSR count). The van der Waals surface area contributed by atoms with Crippen LogP contribution >= 0.6 is 0 Å². The van der Waals surface area contributed by atoms with Crippen molar-refractivity contribution in [3.05, 3.63) is 254 Å². The van der Waals surface area contributed by atoms with Gasteiger partial charge in [-0.15, -0.1) is 20.4 Å². The first-order valence-electron chi connectivity index (χ1n) is 23.1. The first-order valence-corrected chi connectivity index (χ1v) is 23.1. The molecular weight excluding hydrogens is 861 g/mol. The van der Waals surface area contributed by atoms with Gasteiger partial charge in [-0.25, -0.2) is 0 Å². The highest BCUT2D eigenvalue weighted by Crippen LogP contribution is 2.38. The maximum absolute atomic E-state index is 6.24. The summed E-state index contributed by atoms with van der Waals surface area (Å²) in [5.41, 5.74) is 12.0. The summed E-state index contributed by atoms with van der Waals surface area (Å²) in [5, 5.41) is 22.1. The first-order chi connectivity index (χ1) is 34.6. The lowest BCUT2D eigenvalue weighted by molar-refractivity contribution is 0.584. The van der Waals surface area contributed by atoms with Crippen molar-refractivity contribution in [2.75, 3.05) is 9.80 Å². The average Bonchev–Trinajstić information content (AvgIpc) is 4.14. The van der Waals surface area contributed by atoms with Gasteiger partial charge >= 0.3 is 0 Å². The number of aromatic nitrogens is 4. The predicted octanol–water partition coefficient (Wildman–Crippen LogP) is 16.5. The van der Waals surface area contributed by atoms with Crippen LogP contribution in [0.3, 0.4) is 0 Å². The van der Waals surface area contributed by atoms with Gasteiger partial charge in [0.2, 0.25) is 23.6 Å². The quantitative estimate of drug-likeness (QED) is 0.112. The smallest absolute Gasteiger partial charge is 0.248 e. The first kappa shape index (κ1) is 41.7. The molecule has 0 saturated carbocycles. The van der Waals surface area contributed by atoms with Crippen LogP contribution in [0, 0.1) is 0 Å². The molecule has 0 aliphatic heterocycles. The summed E-state index contributed by atoms with van der Waals surface area (Å²) in [6.45, 7) is 0. The molecule has 0 atom stereocenters. The monoisotopic (exact) mass is 902 g/mol. The Kier molecular flexibility index (Phi) is 11.1. The minimum Gasteiger partial charge on any atom is -0.416 e. The largest absolute Gasteiger partial charge is 0.416 e. The van der Waals surface area contributed by atoms with Gasteiger partial charge in [-0.2, -0.15) is 0 Å². The third kappa shape index (κ3) is 8.60. The van der Waals surface area contributed by atoms with Crippen LogP contribution in [0.25, 0.3) is 79.5 Å². The second kappa shape index (κ2) is 18.6. The fraction of sp³-hybridized carbons (Fsp3) is 0. The predicted molar refractivity (Wildman–Crippen MR) is 284 cm³/mol. The number of anilines is 6. The zero-order valence-corrected chi connectivity index (χ0v) is 37.7. The van der Waals surface area contributed by atoms with Gasteiger partial charge in [-0.1, -0.05) is 121 Å². The number of rotatable bonds is 12. The fourth-order valence-electron chi connectivity index (χ4n) is 8.82. The highest BCUT2D eigenvalue weighted by atomic mass is 16.4. The summed E-state index contributed by atoms with van der Waals surface area (Å²) in [6, 6.07) is 83.1. The number of nitrogens with zero attached hydrogens (tertiary/aromatic N) is 6. The van der Waals surface area contributed by atoms with E-state index in [1.165, 1.54) is 0 Å². The van der Waals surface area contributed by atoms with Crippen molar-refractivity contribution >= 4 is 67.8 Å². The Morgan fingerprint density at radius 2 is 0.529 bits per heavy atom. The van der Waals surface area contributed by atoms with Gasteiger partial charge in [-0.3, -0.25) is 0 Å². The second-order valence-corrected chi connectivity index (χ2v) is 16.9. The lowest BCUT2D eigenvalue weighted by Gasteiger charge is -2.25. The van der Waals surface area contributed by atoms with E-state index < -0.39 is 0 Å². The molecule has 8 heteroatoms. The third-order valence-electron chi connectivity index (χ3n) is 12.3. The van der Waals surface area contributed by atoms with E-state index in [-0.39, 0.29) is 0 Å². The molecule has 0 radical (unpaired) electrons. The van der Waals surface area contributed by atoms with Crippen molar-refractivity contribution in [3.63, 3.8) is 0 Å². The van der Waals surface area contributed by atoms with Gasteiger partial charge in [0.25, 0.3) is 0 Å². The van der Waals surface area contributed by atoms with Crippen LogP contribution in [-0.4, -0.2) is 20.4 Å². The fourth-order valence-corrected chi connectivity index (χ4v) is 8.82. The molecule has 0 amide bonds. The lowest BCUT2D eigenvalue weighted by atomic mass is 10.0. The molecule has 2 heterocycles. The van der Waals surface area contributed by atoms with E-state index in [0.717, 1.165) is 89.0 Å². The lowest BCUT2D eigenvalue weighted by Crippen LogP contribution is -2.09. The number of para-hydroxylation sites is 4. The number of hydrogen-bond donors (Lipinski definition) is 0. The molecule has 8 nitrogen and oxygen atoms in total. The molecule has 0 aliphatic rings. The maximum Gasteiger partial charge on any atom is 0.248 e. The second-order valence-electron chi connectivity index (χ2n) is 16.9. The molecule has 70 heavy (non-hydrogen) atoms. The van der Waals surface area contributed by atoms with E-state index in [9.17, 15) is 0 Å². The van der Waals surface area contributed by atoms with Gasteiger partial charge in [0.05, 0.1) is 0 Å². The molecule has 0 aliphatic carbocycles. The molecule has 0 fully saturated rings. The Balaban J connectivity index is 0.711. The molecule has 2 aromatic heterocycles. The standard InChI is InChI=1S/C62H42N6O2/c1-5-13-53(14-6-1)67(54-15-7-2-8-16-54)57-35-31-45(32-36-57)59-63-65-61(69-59)51-29-27-47-39-43(23-25-49(47)41-51)21-22-44-24-26-50-42-52(30-28-48(50)40-44)62-66-64-60(70-62)46-33-37-58(38-34-46)68(55-17-9-3-10-18-55)56-19-11-4-12-20-56/h1-42H. The molecule has 0 unspecified atom stereocenters. The molecule has 12 aromatic rings. The van der Waals surface area contributed by atoms with Crippen LogP contribution in [0.4, 0.5) is 34.1 Å². The number of hydrogen-bond acceptors (Lipinski definition) is 8. The number of benzene rings is 10. The van der Waals surface area contributed by atoms with E-state index in [1.807, 2.05) is 109 Å². The summed E-state index contributed by atoms with van der Waals surface area (Å²) >= 11 is 0. The van der Waals surface area contributed by atoms with Crippen molar-refractivity contribution in [2.45, 2.75) is 0 Å².